The standard InChI is InChI=1S/C48H30F4N2O4S2/c49-31-15-21-11-25-26(12-22(21)16-32(31)50)40(56)29(39(25)55)19-35-53-45-44(60-35)38-37(47(45)7-3-1-4-8-47)43-46(48(38)9-5-2-6-10-48)54-36(59-43)20-30-41(57)27-13-23-17-33(51)34(52)18-24(23)14-28(27)42(30)58/h11-20H,1-10H2. The third kappa shape index (κ3) is 4.74. The molecule has 0 saturated heterocycles. The van der Waals surface area contributed by atoms with Gasteiger partial charge >= 0.3 is 0 Å². The Balaban J connectivity index is 0.969. The number of rotatable bonds is 2. The molecule has 0 radical (unpaired) electrons. The predicted octanol–water partition coefficient (Wildman–Crippen LogP) is 11.7. The number of ketones is 4. The van der Waals surface area contributed by atoms with E-state index in [1.807, 2.05) is 0 Å². The second-order valence-electron chi connectivity index (χ2n) is 17.0. The van der Waals surface area contributed by atoms with E-state index in [2.05, 4.69) is 0 Å². The molecule has 12 heteroatoms. The number of benzene rings is 4. The molecule has 6 aliphatic rings. The van der Waals surface area contributed by atoms with E-state index in [1.54, 1.807) is 12.2 Å². The smallest absolute Gasteiger partial charge is 0.197 e. The summed E-state index contributed by atoms with van der Waals surface area (Å²) in [4.78, 5) is 67.8. The van der Waals surface area contributed by atoms with Crippen LogP contribution in [0.15, 0.2) is 59.7 Å². The third-order valence-corrected chi connectivity index (χ3v) is 15.8. The highest BCUT2D eigenvalue weighted by molar-refractivity contribution is 7.15. The highest BCUT2D eigenvalue weighted by atomic mass is 32.1. The first-order valence-electron chi connectivity index (χ1n) is 20.2. The molecule has 2 aromatic heterocycles. The zero-order valence-electron chi connectivity index (χ0n) is 31.7. The Morgan fingerprint density at radius 2 is 0.750 bits per heavy atom. The maximum atomic E-state index is 14.1. The molecule has 0 unspecified atom stereocenters. The molecule has 60 heavy (non-hydrogen) atoms. The van der Waals surface area contributed by atoms with E-state index in [0.29, 0.717) is 31.6 Å². The molecule has 2 heterocycles. The van der Waals surface area contributed by atoms with Crippen LogP contribution >= 0.6 is 22.7 Å². The number of nitrogens with zero attached hydrogens (tertiary/aromatic N) is 2. The van der Waals surface area contributed by atoms with Gasteiger partial charge in [0, 0.05) is 33.1 Å². The van der Waals surface area contributed by atoms with E-state index < -0.39 is 57.2 Å². The number of allylic oxidation sites excluding steroid dienone is 4. The zero-order chi connectivity index (χ0) is 41.0. The second kappa shape index (κ2) is 12.4. The third-order valence-electron chi connectivity index (χ3n) is 13.8. The summed E-state index contributed by atoms with van der Waals surface area (Å²) in [7, 11) is 0. The Bertz CT molecular complexity index is 2860. The minimum absolute atomic E-state index is 0.0246. The SMILES string of the molecule is O=C1C(=Cc2nc3c(s2)C2=C(c4sc(C=C5C(=O)c6cc7cc(F)c(F)cc7cc6C5=O)nc4C24CCCCC4)C32CCCCC2)C(=O)c2cc3cc(F)c(F)cc3cc21. The van der Waals surface area contributed by atoms with Crippen molar-refractivity contribution in [2.24, 2.45) is 0 Å². The fourth-order valence-electron chi connectivity index (χ4n) is 11.1. The van der Waals surface area contributed by atoms with Crippen molar-refractivity contribution in [3.63, 3.8) is 0 Å². The molecule has 2 spiro atoms. The monoisotopic (exact) mass is 838 g/mol. The number of fused-ring (bicyclic) bond motifs is 12. The summed E-state index contributed by atoms with van der Waals surface area (Å²) >= 11 is 2.98. The predicted molar refractivity (Wildman–Crippen MR) is 222 cm³/mol. The van der Waals surface area contributed by atoms with Gasteiger partial charge < -0.3 is 0 Å². The molecule has 296 valence electrons. The number of carbonyl (C=O) groups excluding carboxylic acids is 4. The highest BCUT2D eigenvalue weighted by Gasteiger charge is 2.60. The van der Waals surface area contributed by atoms with Crippen molar-refractivity contribution in [1.29, 1.82) is 0 Å². The van der Waals surface area contributed by atoms with Crippen LogP contribution < -0.4 is 0 Å². The summed E-state index contributed by atoms with van der Waals surface area (Å²) in [6.45, 7) is 0. The molecule has 12 rings (SSSR count). The van der Waals surface area contributed by atoms with Crippen LogP contribution in [0, 0.1) is 23.3 Å². The number of halogens is 4. The van der Waals surface area contributed by atoms with Gasteiger partial charge in [0.05, 0.1) is 32.3 Å². The Morgan fingerprint density at radius 1 is 0.450 bits per heavy atom. The van der Waals surface area contributed by atoms with Gasteiger partial charge in [-0.05, 0) is 119 Å². The Hall–Kier alpha value is -5.72. The topological polar surface area (TPSA) is 94.1 Å². The molecule has 2 saturated carbocycles. The number of Topliss-reactive ketones (excluding diaryl/α,β-unsaturated/α-hetero) is 4. The summed E-state index contributed by atoms with van der Waals surface area (Å²) in [6.07, 6.45) is 12.8. The average molecular weight is 839 g/mol. The molecule has 6 aromatic rings. The largest absolute Gasteiger partial charge is 0.288 e. The van der Waals surface area contributed by atoms with Crippen molar-refractivity contribution in [2.45, 2.75) is 75.0 Å². The lowest BCUT2D eigenvalue weighted by atomic mass is 9.68. The molecule has 6 nitrogen and oxygen atoms in total. The minimum atomic E-state index is -1.03. The van der Waals surface area contributed by atoms with Crippen LogP contribution in [0.1, 0.15) is 137 Å². The molecule has 0 N–H and O–H groups in total. The summed E-state index contributed by atoms with van der Waals surface area (Å²) in [5, 5.41) is 2.43. The van der Waals surface area contributed by atoms with Crippen molar-refractivity contribution >= 4 is 90.6 Å². The average Bonchev–Trinajstić information content (AvgIpc) is 4.05. The molecule has 0 atom stereocenters. The van der Waals surface area contributed by atoms with Crippen molar-refractivity contribution in [1.82, 2.24) is 9.97 Å². The van der Waals surface area contributed by atoms with Gasteiger partial charge in [-0.2, -0.15) is 0 Å². The van der Waals surface area contributed by atoms with Crippen molar-refractivity contribution in [3.05, 3.63) is 136 Å². The van der Waals surface area contributed by atoms with E-state index in [4.69, 9.17) is 9.97 Å². The summed E-state index contributed by atoms with van der Waals surface area (Å²) in [6, 6.07) is 9.94. The van der Waals surface area contributed by atoms with E-state index in [-0.39, 0.29) is 33.4 Å². The zero-order valence-corrected chi connectivity index (χ0v) is 33.3. The van der Waals surface area contributed by atoms with Gasteiger partial charge in [-0.3, -0.25) is 19.2 Å². The fourth-order valence-corrected chi connectivity index (χ4v) is 13.6. The number of hydrogen-bond acceptors (Lipinski definition) is 8. The molecule has 0 aliphatic heterocycles. The van der Waals surface area contributed by atoms with Gasteiger partial charge in [0.15, 0.2) is 46.4 Å². The molecule has 6 aliphatic carbocycles. The van der Waals surface area contributed by atoms with Crippen LogP contribution in [0.5, 0.6) is 0 Å². The Morgan fingerprint density at radius 3 is 1.05 bits per heavy atom. The van der Waals surface area contributed by atoms with Gasteiger partial charge in [-0.15, -0.1) is 22.7 Å². The lowest BCUT2D eigenvalue weighted by molar-refractivity contribution is 0.0975. The van der Waals surface area contributed by atoms with Crippen LogP contribution in [-0.4, -0.2) is 33.1 Å². The van der Waals surface area contributed by atoms with Crippen LogP contribution in [0.4, 0.5) is 17.6 Å². The summed E-state index contributed by atoms with van der Waals surface area (Å²) in [5.74, 6) is -6.01. The number of thiazole rings is 2. The van der Waals surface area contributed by atoms with Crippen LogP contribution in [-0.2, 0) is 10.8 Å². The van der Waals surface area contributed by atoms with E-state index >= 15 is 0 Å². The molecule has 4 aromatic carbocycles. The minimum Gasteiger partial charge on any atom is -0.288 e. The summed E-state index contributed by atoms with van der Waals surface area (Å²) in [5.41, 5.74) is 4.17. The van der Waals surface area contributed by atoms with Crippen LogP contribution in [0.25, 0.3) is 44.8 Å². The first-order valence-corrected chi connectivity index (χ1v) is 21.9. The maximum absolute atomic E-state index is 14.1. The van der Waals surface area contributed by atoms with Crippen molar-refractivity contribution in [2.75, 3.05) is 0 Å². The molecule has 0 bridgehead atoms. The molecular weight excluding hydrogens is 809 g/mol. The first-order chi connectivity index (χ1) is 29.0. The van der Waals surface area contributed by atoms with E-state index in [0.717, 1.165) is 110 Å². The van der Waals surface area contributed by atoms with Crippen molar-refractivity contribution in [3.8, 4) is 0 Å². The number of carbonyl (C=O) groups is 4. The molecule has 0 amide bonds. The first kappa shape index (κ1) is 36.2. The highest BCUT2D eigenvalue weighted by Crippen LogP contribution is 2.70. The fraction of sp³-hybridized carbons (Fsp3) is 0.250. The van der Waals surface area contributed by atoms with Crippen molar-refractivity contribution < 1.29 is 36.7 Å². The van der Waals surface area contributed by atoms with Gasteiger partial charge in [0.1, 0.15) is 10.0 Å². The van der Waals surface area contributed by atoms with Gasteiger partial charge in [0.2, 0.25) is 0 Å². The van der Waals surface area contributed by atoms with Crippen LogP contribution in [0.2, 0.25) is 0 Å². The van der Waals surface area contributed by atoms with E-state index in [1.165, 1.54) is 58.1 Å². The van der Waals surface area contributed by atoms with E-state index in [9.17, 15) is 36.7 Å². The quantitative estimate of drug-likeness (QED) is 0.0979. The second-order valence-corrected chi connectivity index (χ2v) is 19.0. The van der Waals surface area contributed by atoms with Gasteiger partial charge in [-0.1, -0.05) is 38.5 Å². The summed E-state index contributed by atoms with van der Waals surface area (Å²) < 4.78 is 56.4. The van der Waals surface area contributed by atoms with Gasteiger partial charge in [-0.25, -0.2) is 27.5 Å². The molecule has 2 fully saturated rings. The number of hydrogen-bond donors (Lipinski definition) is 0. The number of aromatic nitrogens is 2. The normalized spacial score (nSPS) is 19.6. The lowest BCUT2D eigenvalue weighted by Gasteiger charge is -2.35. The van der Waals surface area contributed by atoms with Crippen LogP contribution in [0.3, 0.4) is 0 Å². The van der Waals surface area contributed by atoms with Gasteiger partial charge in [0.25, 0.3) is 0 Å². The Kier molecular flexibility index (Phi) is 7.49. The Labute approximate surface area is 347 Å². The molecular formula is C48H30F4N2O4S2. The maximum Gasteiger partial charge on any atom is 0.197 e. The lowest BCUT2D eigenvalue weighted by Crippen LogP contribution is -2.29.